The number of nitrogens with one attached hydrogen (secondary N) is 2. The molecule has 3 aromatic heterocycles. The number of aryl methyl sites for hydroxylation is 1. The number of rotatable bonds is 14. The van der Waals surface area contributed by atoms with Crippen LogP contribution in [0.5, 0.6) is 11.6 Å². The summed E-state index contributed by atoms with van der Waals surface area (Å²) in [6.07, 6.45) is 1.60. The molecule has 2 aromatic carbocycles. The van der Waals surface area contributed by atoms with E-state index in [1.165, 1.54) is 4.90 Å². The quantitative estimate of drug-likeness (QED) is 0.109. The van der Waals surface area contributed by atoms with Crippen LogP contribution in [-0.4, -0.2) is 141 Å². The van der Waals surface area contributed by atoms with E-state index in [-0.39, 0.29) is 42.5 Å². The number of ether oxygens (including phenoxy) is 1. The first-order valence-corrected chi connectivity index (χ1v) is 23.9. The summed E-state index contributed by atoms with van der Waals surface area (Å²) in [5, 5.41) is 40.7. The van der Waals surface area contributed by atoms with Crippen molar-refractivity contribution in [3.8, 4) is 33.3 Å². The number of aliphatic hydroxyl groups excluding tert-OH is 1. The fraction of sp³-hybridized carbons (Fsp3) is 0.500. The number of hydrogen-bond acceptors (Lipinski definition) is 15. The molecule has 4 aliphatic heterocycles. The number of para-hydroxylation sites is 1. The maximum absolute atomic E-state index is 14.2. The number of likely N-dealkylation sites (tertiary alicyclic amines) is 2. The number of aromatic hydroxyl groups is 1. The van der Waals surface area contributed by atoms with Crippen molar-refractivity contribution >= 4 is 34.7 Å². The van der Waals surface area contributed by atoms with Gasteiger partial charge in [-0.25, -0.2) is 4.98 Å². The van der Waals surface area contributed by atoms with Crippen molar-refractivity contribution < 1.29 is 29.1 Å². The molecular weight excluding hydrogens is 845 g/mol. The molecule has 0 aliphatic carbocycles. The summed E-state index contributed by atoms with van der Waals surface area (Å²) >= 11 is 1.59. The first-order valence-electron chi connectivity index (χ1n) is 23.0. The van der Waals surface area contributed by atoms with Crippen LogP contribution in [0.2, 0.25) is 0 Å². The van der Waals surface area contributed by atoms with Crippen LogP contribution < -0.4 is 20.3 Å². The molecule has 16 nitrogen and oxygen atoms in total. The van der Waals surface area contributed by atoms with Gasteiger partial charge in [-0.15, -0.1) is 21.5 Å². The Morgan fingerprint density at radius 2 is 1.80 bits per heavy atom. The summed E-state index contributed by atoms with van der Waals surface area (Å²) < 4.78 is 11.8. The molecule has 3 saturated heterocycles. The van der Waals surface area contributed by atoms with Gasteiger partial charge in [-0.1, -0.05) is 50.2 Å². The molecule has 5 atom stereocenters. The number of phenols is 1. The van der Waals surface area contributed by atoms with Crippen LogP contribution in [0.25, 0.3) is 21.7 Å². The number of benzene rings is 2. The first-order chi connectivity index (χ1) is 31.5. The van der Waals surface area contributed by atoms with E-state index >= 15 is 0 Å². The number of fused-ring (bicyclic) bond motifs is 3. The zero-order valence-corrected chi connectivity index (χ0v) is 38.4. The minimum atomic E-state index is -0.817. The molecular formula is C48H60N10O6S. The Labute approximate surface area is 384 Å². The number of β-amino-alcohol motifs (C(OH)–C–C–N with tert-alkyl or cyclic N) is 1. The predicted octanol–water partition coefficient (Wildman–Crippen LogP) is 5.56. The number of nitrogens with zero attached hydrogens (tertiary/aromatic N) is 8. The second-order valence-electron chi connectivity index (χ2n) is 18.4. The van der Waals surface area contributed by atoms with Crippen LogP contribution >= 0.6 is 11.3 Å². The lowest BCUT2D eigenvalue weighted by atomic mass is 9.91. The number of thiazole rings is 1. The van der Waals surface area contributed by atoms with Crippen molar-refractivity contribution in [2.45, 2.75) is 77.1 Å². The molecule has 4 aliphatic rings. The lowest BCUT2D eigenvalue weighted by Crippen LogP contribution is -2.58. The number of aromatic nitrogens is 4. The Morgan fingerprint density at radius 3 is 2.55 bits per heavy atom. The second kappa shape index (κ2) is 19.5. The molecule has 9 rings (SSSR count). The molecule has 3 fully saturated rings. The molecule has 17 heteroatoms. The fourth-order valence-corrected chi connectivity index (χ4v) is 10.8. The highest BCUT2D eigenvalue weighted by Gasteiger charge is 2.44. The van der Waals surface area contributed by atoms with Crippen molar-refractivity contribution in [1.82, 2.24) is 40.4 Å². The number of piperazine rings is 1. The van der Waals surface area contributed by atoms with E-state index in [1.54, 1.807) is 23.5 Å². The highest BCUT2D eigenvalue weighted by molar-refractivity contribution is 7.13. The highest BCUT2D eigenvalue weighted by atomic mass is 32.1. The lowest BCUT2D eigenvalue weighted by molar-refractivity contribution is -0.141. The van der Waals surface area contributed by atoms with Crippen molar-refractivity contribution in [3.05, 3.63) is 83.2 Å². The molecule has 0 bridgehead atoms. The standard InChI is InChI=1S/C48H60N10O6S/c1-29(2)44(48(62)58-27-36(59)21-40(58)47(61)51-30(3)33-9-11-34(12-10-33)45-31(4)50-28-65-45)42-23-43(54-64-42)63-20-19-55-15-13-32(14-16-55)25-56-17-18-57-35(26-56)24-49-46-39(57)22-38(52-53-46)37-7-5-6-8-41(37)60/h5-12,22-23,28-30,32,35-36,40,44,59-60H,13-21,24-27H2,1-4H3,(H,49,53)(H,51,61)/t30-,35-,36+,40-,44-/m0/s1. The number of aliphatic hydroxyl groups is 1. The van der Waals surface area contributed by atoms with Gasteiger partial charge in [-0.2, -0.15) is 0 Å². The largest absolute Gasteiger partial charge is 0.507 e. The maximum Gasteiger partial charge on any atom is 0.254 e. The van der Waals surface area contributed by atoms with Gasteiger partial charge in [0, 0.05) is 63.9 Å². The molecule has 2 amide bonds. The molecule has 65 heavy (non-hydrogen) atoms. The van der Waals surface area contributed by atoms with Gasteiger partial charge in [-0.3, -0.25) is 19.4 Å². The van der Waals surface area contributed by atoms with Crippen LogP contribution in [0.1, 0.15) is 69.0 Å². The molecule has 0 unspecified atom stereocenters. The zero-order valence-electron chi connectivity index (χ0n) is 37.6. The average molecular weight is 905 g/mol. The van der Waals surface area contributed by atoms with E-state index in [0.717, 1.165) is 98.4 Å². The normalized spacial score (nSPS) is 21.4. The van der Waals surface area contributed by atoms with E-state index in [9.17, 15) is 19.8 Å². The first kappa shape index (κ1) is 44.6. The number of carbonyl (C=O) groups is 2. The number of phenolic OH excluding ortho intramolecular Hbond substituents is 1. The van der Waals surface area contributed by atoms with Gasteiger partial charge in [0.2, 0.25) is 11.8 Å². The second-order valence-corrected chi connectivity index (χ2v) is 19.3. The molecule has 4 N–H and O–H groups in total. The smallest absolute Gasteiger partial charge is 0.254 e. The third-order valence-corrected chi connectivity index (χ3v) is 14.6. The number of amides is 2. The van der Waals surface area contributed by atoms with Crippen molar-refractivity contribution in [3.63, 3.8) is 0 Å². The third kappa shape index (κ3) is 9.83. The Hall–Kier alpha value is -5.62. The van der Waals surface area contributed by atoms with Gasteiger partial charge >= 0.3 is 0 Å². The van der Waals surface area contributed by atoms with E-state index in [0.29, 0.717) is 41.5 Å². The van der Waals surface area contributed by atoms with Gasteiger partial charge in [0.1, 0.15) is 24.3 Å². The Kier molecular flexibility index (Phi) is 13.3. The Morgan fingerprint density at radius 1 is 1.00 bits per heavy atom. The van der Waals surface area contributed by atoms with E-state index in [4.69, 9.17) is 9.26 Å². The molecule has 0 radical (unpaired) electrons. The van der Waals surface area contributed by atoms with Gasteiger partial charge in [0.05, 0.1) is 45.7 Å². The monoisotopic (exact) mass is 904 g/mol. The molecule has 344 valence electrons. The minimum absolute atomic E-state index is 0.0643. The van der Waals surface area contributed by atoms with Gasteiger partial charge in [0.25, 0.3) is 5.88 Å². The summed E-state index contributed by atoms with van der Waals surface area (Å²) in [7, 11) is 0. The molecule has 5 aromatic rings. The van der Waals surface area contributed by atoms with Gasteiger partial charge in [0.15, 0.2) is 11.6 Å². The van der Waals surface area contributed by atoms with Crippen LogP contribution in [0.15, 0.2) is 70.7 Å². The summed E-state index contributed by atoms with van der Waals surface area (Å²) in [5.41, 5.74) is 7.23. The Bertz CT molecular complexity index is 2440. The van der Waals surface area contributed by atoms with Crippen molar-refractivity contribution in [2.75, 3.05) is 75.7 Å². The summed E-state index contributed by atoms with van der Waals surface area (Å²) in [6.45, 7) is 15.8. The fourth-order valence-electron chi connectivity index (χ4n) is 9.98. The van der Waals surface area contributed by atoms with Crippen LogP contribution in [0, 0.1) is 18.8 Å². The minimum Gasteiger partial charge on any atom is -0.507 e. The highest BCUT2D eigenvalue weighted by Crippen LogP contribution is 2.37. The third-order valence-electron chi connectivity index (χ3n) is 13.6. The molecule has 0 saturated carbocycles. The maximum atomic E-state index is 14.2. The average Bonchev–Trinajstić information content (AvgIpc) is 4.07. The lowest BCUT2D eigenvalue weighted by Gasteiger charge is -2.47. The van der Waals surface area contributed by atoms with Crippen LogP contribution in [0.3, 0.4) is 0 Å². The zero-order chi connectivity index (χ0) is 45.2. The van der Waals surface area contributed by atoms with Crippen molar-refractivity contribution in [1.29, 1.82) is 0 Å². The van der Waals surface area contributed by atoms with Gasteiger partial charge < -0.3 is 39.9 Å². The van der Waals surface area contributed by atoms with Gasteiger partial charge in [-0.05, 0) is 86.1 Å². The number of hydrogen-bond donors (Lipinski definition) is 4. The Balaban J connectivity index is 0.725. The number of piperidine rings is 1. The summed E-state index contributed by atoms with van der Waals surface area (Å²) in [5.74, 6) is 0.887. The van der Waals surface area contributed by atoms with Crippen molar-refractivity contribution in [2.24, 2.45) is 11.8 Å². The molecule has 0 spiro atoms. The number of anilines is 2. The van der Waals surface area contributed by atoms with Crippen LogP contribution in [-0.2, 0) is 9.59 Å². The molecule has 7 heterocycles. The topological polar surface area (TPSA) is 186 Å². The van der Waals surface area contributed by atoms with E-state index < -0.39 is 18.1 Å². The van der Waals surface area contributed by atoms with Crippen LogP contribution in [0.4, 0.5) is 11.5 Å². The number of carbonyl (C=O) groups excluding carboxylic acids is 2. The SMILES string of the molecule is Cc1ncsc1-c1ccc([C@H](C)NC(=O)[C@@H]2C[C@@H](O)CN2C(=O)[C@H](c2cc(OCCN3CCC(CN4CCN5c6cc(-c7ccccc7O)nnc6NC[C@H]5C4)CC3)no2)C(C)C)cc1. The van der Waals surface area contributed by atoms with E-state index in [2.05, 4.69) is 45.7 Å². The van der Waals surface area contributed by atoms with E-state index in [1.807, 2.05) is 81.7 Å². The predicted molar refractivity (Wildman–Crippen MR) is 249 cm³/mol. The summed E-state index contributed by atoms with van der Waals surface area (Å²) in [6, 6.07) is 18.3. The summed E-state index contributed by atoms with van der Waals surface area (Å²) in [4.78, 5) is 42.4.